The molecule has 0 saturated carbocycles. The first-order valence-corrected chi connectivity index (χ1v) is 7.23. The number of hydrogen-bond acceptors (Lipinski definition) is 5. The number of amides is 1. The van der Waals surface area contributed by atoms with Crippen molar-refractivity contribution in [1.82, 2.24) is 19.9 Å². The lowest BCUT2D eigenvalue weighted by Gasteiger charge is -2.32. The van der Waals surface area contributed by atoms with E-state index in [4.69, 9.17) is 9.84 Å². The Bertz CT molecular complexity index is 684. The molecular weight excluding hydrogens is 300 g/mol. The van der Waals surface area contributed by atoms with Crippen LogP contribution in [0, 0.1) is 0 Å². The SMILES string of the molecule is O=C(O)CC1CN(C(=O)c2ccc(-n3ccnn3)cc2)CCO1. The summed E-state index contributed by atoms with van der Waals surface area (Å²) < 4.78 is 6.98. The van der Waals surface area contributed by atoms with Crippen molar-refractivity contribution in [3.05, 3.63) is 42.2 Å². The maximum atomic E-state index is 12.5. The van der Waals surface area contributed by atoms with Gasteiger partial charge in [0.25, 0.3) is 5.91 Å². The Morgan fingerprint density at radius 3 is 2.74 bits per heavy atom. The van der Waals surface area contributed by atoms with E-state index >= 15 is 0 Å². The van der Waals surface area contributed by atoms with E-state index in [0.29, 0.717) is 18.7 Å². The Kier molecular flexibility index (Phi) is 4.33. The van der Waals surface area contributed by atoms with Gasteiger partial charge in [-0.25, -0.2) is 4.68 Å². The number of carboxylic acid groups (broad SMARTS) is 1. The minimum absolute atomic E-state index is 0.102. The Balaban J connectivity index is 1.69. The third kappa shape index (κ3) is 3.54. The van der Waals surface area contributed by atoms with E-state index in [0.717, 1.165) is 5.69 Å². The number of rotatable bonds is 4. The van der Waals surface area contributed by atoms with Gasteiger partial charge < -0.3 is 14.7 Å². The summed E-state index contributed by atoms with van der Waals surface area (Å²) in [6.07, 6.45) is 2.74. The number of morpholine rings is 1. The smallest absolute Gasteiger partial charge is 0.306 e. The Morgan fingerprint density at radius 2 is 2.09 bits per heavy atom. The summed E-state index contributed by atoms with van der Waals surface area (Å²) in [5.74, 6) is -1.06. The molecule has 8 heteroatoms. The third-order valence-electron chi connectivity index (χ3n) is 3.63. The molecule has 0 aliphatic carbocycles. The van der Waals surface area contributed by atoms with E-state index < -0.39 is 12.1 Å². The van der Waals surface area contributed by atoms with Crippen molar-refractivity contribution < 1.29 is 19.4 Å². The van der Waals surface area contributed by atoms with Gasteiger partial charge in [0.05, 0.1) is 37.2 Å². The molecule has 23 heavy (non-hydrogen) atoms. The summed E-state index contributed by atoms with van der Waals surface area (Å²) >= 11 is 0. The van der Waals surface area contributed by atoms with Crippen molar-refractivity contribution in [1.29, 1.82) is 0 Å². The molecule has 8 nitrogen and oxygen atoms in total. The molecule has 1 saturated heterocycles. The van der Waals surface area contributed by atoms with Crippen molar-refractivity contribution in [2.45, 2.75) is 12.5 Å². The van der Waals surface area contributed by atoms with E-state index in [1.54, 1.807) is 46.2 Å². The second-order valence-corrected chi connectivity index (χ2v) is 5.24. The van der Waals surface area contributed by atoms with Gasteiger partial charge in [0, 0.05) is 18.7 Å². The molecule has 1 fully saturated rings. The van der Waals surface area contributed by atoms with Crippen LogP contribution >= 0.6 is 0 Å². The fraction of sp³-hybridized carbons (Fsp3) is 0.333. The van der Waals surface area contributed by atoms with Crippen LogP contribution in [0.2, 0.25) is 0 Å². The molecule has 1 aliphatic rings. The van der Waals surface area contributed by atoms with Crippen molar-refractivity contribution in [3.63, 3.8) is 0 Å². The van der Waals surface area contributed by atoms with Gasteiger partial charge in [-0.05, 0) is 24.3 Å². The second kappa shape index (κ2) is 6.57. The van der Waals surface area contributed by atoms with Crippen LogP contribution in [-0.4, -0.2) is 62.7 Å². The lowest BCUT2D eigenvalue weighted by molar-refractivity contribution is -0.141. The molecule has 1 aliphatic heterocycles. The Hall–Kier alpha value is -2.74. The summed E-state index contributed by atoms with van der Waals surface area (Å²) in [6.45, 7) is 1.09. The van der Waals surface area contributed by atoms with E-state index in [-0.39, 0.29) is 18.9 Å². The zero-order valence-corrected chi connectivity index (χ0v) is 12.3. The first kappa shape index (κ1) is 15.2. The van der Waals surface area contributed by atoms with Crippen molar-refractivity contribution >= 4 is 11.9 Å². The van der Waals surface area contributed by atoms with E-state index in [1.165, 1.54) is 0 Å². The maximum Gasteiger partial charge on any atom is 0.306 e. The summed E-state index contributed by atoms with van der Waals surface area (Å²) in [6, 6.07) is 7.02. The van der Waals surface area contributed by atoms with Gasteiger partial charge in [0.1, 0.15) is 0 Å². The second-order valence-electron chi connectivity index (χ2n) is 5.24. The lowest BCUT2D eigenvalue weighted by Crippen LogP contribution is -2.46. The number of aromatic nitrogens is 3. The Labute approximate surface area is 132 Å². The van der Waals surface area contributed by atoms with Crippen LogP contribution < -0.4 is 0 Å². The minimum Gasteiger partial charge on any atom is -0.481 e. The fourth-order valence-corrected chi connectivity index (χ4v) is 2.51. The fourth-order valence-electron chi connectivity index (χ4n) is 2.51. The monoisotopic (exact) mass is 316 g/mol. The van der Waals surface area contributed by atoms with E-state index in [9.17, 15) is 9.59 Å². The topological polar surface area (TPSA) is 97.6 Å². The van der Waals surface area contributed by atoms with Crippen molar-refractivity contribution in [2.75, 3.05) is 19.7 Å². The van der Waals surface area contributed by atoms with Gasteiger partial charge in [0.15, 0.2) is 0 Å². The summed E-state index contributed by atoms with van der Waals surface area (Å²) in [4.78, 5) is 24.9. The van der Waals surface area contributed by atoms with E-state index in [2.05, 4.69) is 10.3 Å². The average molecular weight is 316 g/mol. The van der Waals surface area contributed by atoms with Gasteiger partial charge in [-0.3, -0.25) is 9.59 Å². The number of carbonyl (C=O) groups is 2. The first-order valence-electron chi connectivity index (χ1n) is 7.23. The highest BCUT2D eigenvalue weighted by Crippen LogP contribution is 2.14. The molecule has 120 valence electrons. The first-order chi connectivity index (χ1) is 11.1. The number of nitrogens with zero attached hydrogens (tertiary/aromatic N) is 4. The zero-order valence-electron chi connectivity index (χ0n) is 12.3. The number of ether oxygens (including phenoxy) is 1. The highest BCUT2D eigenvalue weighted by atomic mass is 16.5. The number of carbonyl (C=O) groups excluding carboxylic acids is 1. The molecule has 1 aromatic heterocycles. The van der Waals surface area contributed by atoms with E-state index in [1.807, 2.05) is 0 Å². The highest BCUT2D eigenvalue weighted by molar-refractivity contribution is 5.94. The number of hydrogen-bond donors (Lipinski definition) is 1. The molecule has 2 aromatic rings. The largest absolute Gasteiger partial charge is 0.481 e. The quantitative estimate of drug-likeness (QED) is 0.886. The highest BCUT2D eigenvalue weighted by Gasteiger charge is 2.26. The normalized spacial score (nSPS) is 17.9. The van der Waals surface area contributed by atoms with Crippen LogP contribution in [0.1, 0.15) is 16.8 Å². The van der Waals surface area contributed by atoms with Crippen LogP contribution in [0.5, 0.6) is 0 Å². The number of aliphatic carboxylic acids is 1. The molecule has 1 unspecified atom stereocenters. The summed E-state index contributed by atoms with van der Waals surface area (Å²) in [7, 11) is 0. The molecule has 0 spiro atoms. The molecule has 1 amide bonds. The van der Waals surface area contributed by atoms with Crippen molar-refractivity contribution in [3.8, 4) is 5.69 Å². The van der Waals surface area contributed by atoms with Crippen LogP contribution in [-0.2, 0) is 9.53 Å². The summed E-state index contributed by atoms with van der Waals surface area (Å²) in [5, 5.41) is 16.5. The minimum atomic E-state index is -0.929. The standard InChI is InChI=1S/C15H16N4O4/c20-14(21)9-13-10-18(7-8-23-13)15(22)11-1-3-12(4-2-11)19-6-5-16-17-19/h1-6,13H,7-10H2,(H,20,21). The Morgan fingerprint density at radius 1 is 1.30 bits per heavy atom. The molecule has 3 rings (SSSR count). The molecule has 0 radical (unpaired) electrons. The van der Waals surface area contributed by atoms with Crippen LogP contribution in [0.3, 0.4) is 0 Å². The average Bonchev–Trinajstić information content (AvgIpc) is 3.08. The van der Waals surface area contributed by atoms with Crippen LogP contribution in [0.4, 0.5) is 0 Å². The number of carboxylic acids is 1. The third-order valence-corrected chi connectivity index (χ3v) is 3.63. The molecule has 2 heterocycles. The predicted molar refractivity (Wildman–Crippen MR) is 79.3 cm³/mol. The lowest BCUT2D eigenvalue weighted by atomic mass is 10.1. The molecule has 1 N–H and O–H groups in total. The van der Waals surface area contributed by atoms with Gasteiger partial charge in [-0.2, -0.15) is 0 Å². The van der Waals surface area contributed by atoms with Crippen LogP contribution in [0.15, 0.2) is 36.7 Å². The molecule has 0 bridgehead atoms. The predicted octanol–water partition coefficient (Wildman–Crippen LogP) is 0.583. The molecule has 1 aromatic carbocycles. The van der Waals surface area contributed by atoms with Gasteiger partial charge in [-0.1, -0.05) is 5.21 Å². The van der Waals surface area contributed by atoms with Crippen LogP contribution in [0.25, 0.3) is 5.69 Å². The molecule has 1 atom stereocenters. The summed E-state index contributed by atoms with van der Waals surface area (Å²) in [5.41, 5.74) is 1.36. The van der Waals surface area contributed by atoms with Gasteiger partial charge >= 0.3 is 5.97 Å². The molecular formula is C15H16N4O4. The van der Waals surface area contributed by atoms with Gasteiger partial charge in [-0.15, -0.1) is 5.10 Å². The zero-order chi connectivity index (χ0) is 16.2. The maximum absolute atomic E-state index is 12.5. The van der Waals surface area contributed by atoms with Crippen molar-refractivity contribution in [2.24, 2.45) is 0 Å². The van der Waals surface area contributed by atoms with Gasteiger partial charge in [0.2, 0.25) is 0 Å². The number of benzene rings is 1.